The second-order valence-electron chi connectivity index (χ2n) is 3.52. The van der Waals surface area contributed by atoms with E-state index < -0.39 is 0 Å². The Kier molecular flexibility index (Phi) is 1.97. The first kappa shape index (κ1) is 8.18. The summed E-state index contributed by atoms with van der Waals surface area (Å²) in [5.41, 5.74) is 1.85. The summed E-state index contributed by atoms with van der Waals surface area (Å²) in [6.45, 7) is 4.14. The molecule has 1 aromatic heterocycles. The summed E-state index contributed by atoms with van der Waals surface area (Å²) in [5.74, 6) is 1.01. The maximum atomic E-state index is 8.90. The number of hydrogen-bond donors (Lipinski definition) is 1. The van der Waals surface area contributed by atoms with Gasteiger partial charge >= 0.3 is 0 Å². The molecule has 2 rings (SSSR count). The Morgan fingerprint density at radius 2 is 2.15 bits per heavy atom. The highest BCUT2D eigenvalue weighted by Gasteiger charge is 2.17. The molecule has 1 aliphatic rings. The van der Waals surface area contributed by atoms with Gasteiger partial charge in [-0.25, -0.2) is 0 Å². The Morgan fingerprint density at radius 3 is 2.77 bits per heavy atom. The Labute approximate surface area is 78.0 Å². The standard InChI is InChI=1S/C10H13N3/c1-8-6-9(7-11)10(12-8)13-4-2-3-5-13/h6,12H,2-5H2,1H3. The predicted molar refractivity (Wildman–Crippen MR) is 51.7 cm³/mol. The first-order valence-electron chi connectivity index (χ1n) is 4.66. The van der Waals surface area contributed by atoms with E-state index in [1.54, 1.807) is 0 Å². The Morgan fingerprint density at radius 1 is 1.46 bits per heavy atom. The summed E-state index contributed by atoms with van der Waals surface area (Å²) in [7, 11) is 0. The van der Waals surface area contributed by atoms with Gasteiger partial charge in [0.25, 0.3) is 0 Å². The van der Waals surface area contributed by atoms with Gasteiger partial charge in [0.2, 0.25) is 0 Å². The maximum Gasteiger partial charge on any atom is 0.124 e. The molecule has 1 saturated heterocycles. The van der Waals surface area contributed by atoms with E-state index >= 15 is 0 Å². The molecule has 0 spiro atoms. The fourth-order valence-electron chi connectivity index (χ4n) is 1.85. The molecule has 0 bridgehead atoms. The predicted octanol–water partition coefficient (Wildman–Crippen LogP) is 1.79. The number of nitriles is 1. The summed E-state index contributed by atoms with van der Waals surface area (Å²) < 4.78 is 0. The molecule has 0 radical (unpaired) electrons. The summed E-state index contributed by atoms with van der Waals surface area (Å²) in [6, 6.07) is 4.13. The van der Waals surface area contributed by atoms with Crippen LogP contribution >= 0.6 is 0 Å². The fourth-order valence-corrected chi connectivity index (χ4v) is 1.85. The lowest BCUT2D eigenvalue weighted by molar-refractivity contribution is 0.939. The van der Waals surface area contributed by atoms with Crippen LogP contribution in [0.3, 0.4) is 0 Å². The third-order valence-electron chi connectivity index (χ3n) is 2.47. The van der Waals surface area contributed by atoms with Crippen molar-refractivity contribution in [1.29, 1.82) is 5.26 Å². The number of nitrogens with one attached hydrogen (secondary N) is 1. The van der Waals surface area contributed by atoms with Crippen molar-refractivity contribution < 1.29 is 0 Å². The van der Waals surface area contributed by atoms with Crippen LogP contribution in [0.15, 0.2) is 6.07 Å². The second kappa shape index (κ2) is 3.14. The molecule has 0 amide bonds. The molecule has 0 saturated carbocycles. The van der Waals surface area contributed by atoms with Crippen molar-refractivity contribution in [3.8, 4) is 6.07 Å². The normalized spacial score (nSPS) is 16.2. The van der Waals surface area contributed by atoms with Gasteiger partial charge in [0.15, 0.2) is 0 Å². The zero-order chi connectivity index (χ0) is 9.26. The van der Waals surface area contributed by atoms with Crippen LogP contribution in [-0.2, 0) is 0 Å². The van der Waals surface area contributed by atoms with Crippen LogP contribution in [-0.4, -0.2) is 18.1 Å². The molecule has 1 aromatic rings. The maximum absolute atomic E-state index is 8.90. The van der Waals surface area contributed by atoms with E-state index in [9.17, 15) is 0 Å². The van der Waals surface area contributed by atoms with E-state index in [0.717, 1.165) is 30.2 Å². The number of aromatic amines is 1. The molecule has 68 valence electrons. The first-order valence-corrected chi connectivity index (χ1v) is 4.66. The van der Waals surface area contributed by atoms with Crippen LogP contribution < -0.4 is 4.90 Å². The number of rotatable bonds is 1. The first-order chi connectivity index (χ1) is 6.31. The Balaban J connectivity index is 2.33. The topological polar surface area (TPSA) is 42.8 Å². The molecule has 1 aliphatic heterocycles. The van der Waals surface area contributed by atoms with Crippen molar-refractivity contribution in [1.82, 2.24) is 4.98 Å². The minimum absolute atomic E-state index is 0.777. The molecule has 13 heavy (non-hydrogen) atoms. The van der Waals surface area contributed by atoms with Crippen molar-refractivity contribution in [3.05, 3.63) is 17.3 Å². The monoisotopic (exact) mass is 175 g/mol. The Hall–Kier alpha value is -1.43. The van der Waals surface area contributed by atoms with Gasteiger partial charge in [-0.15, -0.1) is 0 Å². The quantitative estimate of drug-likeness (QED) is 0.707. The van der Waals surface area contributed by atoms with Gasteiger partial charge in [-0.1, -0.05) is 0 Å². The van der Waals surface area contributed by atoms with Crippen molar-refractivity contribution >= 4 is 5.82 Å². The van der Waals surface area contributed by atoms with Crippen LogP contribution in [0.25, 0.3) is 0 Å². The van der Waals surface area contributed by atoms with Crippen molar-refractivity contribution in [2.24, 2.45) is 0 Å². The van der Waals surface area contributed by atoms with E-state index in [1.165, 1.54) is 12.8 Å². The second-order valence-corrected chi connectivity index (χ2v) is 3.52. The molecule has 0 unspecified atom stereocenters. The number of hydrogen-bond acceptors (Lipinski definition) is 2. The zero-order valence-electron chi connectivity index (χ0n) is 7.80. The third kappa shape index (κ3) is 1.40. The van der Waals surface area contributed by atoms with Crippen LogP contribution in [0, 0.1) is 18.3 Å². The minimum atomic E-state index is 0.777. The lowest BCUT2D eigenvalue weighted by Gasteiger charge is -2.15. The largest absolute Gasteiger partial charge is 0.357 e. The average Bonchev–Trinajstić information content (AvgIpc) is 2.71. The smallest absolute Gasteiger partial charge is 0.124 e. The van der Waals surface area contributed by atoms with Gasteiger partial charge in [0, 0.05) is 18.8 Å². The molecule has 1 fully saturated rings. The lowest BCUT2D eigenvalue weighted by Crippen LogP contribution is -2.18. The van der Waals surface area contributed by atoms with Crippen LogP contribution in [0.2, 0.25) is 0 Å². The van der Waals surface area contributed by atoms with E-state index in [2.05, 4.69) is 16.0 Å². The summed E-state index contributed by atoms with van der Waals surface area (Å²) in [6.07, 6.45) is 2.48. The van der Waals surface area contributed by atoms with Gasteiger partial charge in [0.05, 0.1) is 5.56 Å². The fraction of sp³-hybridized carbons (Fsp3) is 0.500. The van der Waals surface area contributed by atoms with E-state index in [-0.39, 0.29) is 0 Å². The van der Waals surface area contributed by atoms with E-state index in [4.69, 9.17) is 5.26 Å². The summed E-state index contributed by atoms with van der Waals surface area (Å²) in [5, 5.41) is 8.90. The summed E-state index contributed by atoms with van der Waals surface area (Å²) in [4.78, 5) is 5.50. The molecule has 0 atom stereocenters. The minimum Gasteiger partial charge on any atom is -0.357 e. The molecule has 0 aromatic carbocycles. The van der Waals surface area contributed by atoms with Crippen molar-refractivity contribution in [2.45, 2.75) is 19.8 Å². The van der Waals surface area contributed by atoms with Gasteiger partial charge < -0.3 is 9.88 Å². The van der Waals surface area contributed by atoms with Crippen LogP contribution in [0.4, 0.5) is 5.82 Å². The number of H-pyrrole nitrogens is 1. The SMILES string of the molecule is Cc1cc(C#N)c(N2CCCC2)[nH]1. The molecule has 2 heterocycles. The average molecular weight is 175 g/mol. The summed E-state index contributed by atoms with van der Waals surface area (Å²) >= 11 is 0. The number of nitrogens with zero attached hydrogens (tertiary/aromatic N) is 2. The molecule has 1 N–H and O–H groups in total. The van der Waals surface area contributed by atoms with Gasteiger partial charge in [-0.3, -0.25) is 0 Å². The molecule has 3 heteroatoms. The molecular formula is C10H13N3. The lowest BCUT2D eigenvalue weighted by atomic mass is 10.3. The van der Waals surface area contributed by atoms with Gasteiger partial charge in [-0.2, -0.15) is 5.26 Å². The molecule has 3 nitrogen and oxygen atoms in total. The third-order valence-corrected chi connectivity index (χ3v) is 2.47. The Bertz CT molecular complexity index is 340. The van der Waals surface area contributed by atoms with Crippen LogP contribution in [0.1, 0.15) is 24.1 Å². The number of aryl methyl sites for hydroxylation is 1. The highest BCUT2D eigenvalue weighted by Crippen LogP contribution is 2.23. The zero-order valence-corrected chi connectivity index (χ0v) is 7.80. The van der Waals surface area contributed by atoms with Crippen molar-refractivity contribution in [3.63, 3.8) is 0 Å². The molecular weight excluding hydrogens is 162 g/mol. The highest BCUT2D eigenvalue weighted by molar-refractivity contribution is 5.56. The van der Waals surface area contributed by atoms with Gasteiger partial charge in [-0.05, 0) is 25.8 Å². The molecule has 0 aliphatic carbocycles. The van der Waals surface area contributed by atoms with Crippen molar-refractivity contribution in [2.75, 3.05) is 18.0 Å². The van der Waals surface area contributed by atoms with E-state index in [0.29, 0.717) is 0 Å². The van der Waals surface area contributed by atoms with Gasteiger partial charge in [0.1, 0.15) is 11.9 Å². The highest BCUT2D eigenvalue weighted by atomic mass is 15.2. The number of aromatic nitrogens is 1. The number of anilines is 1. The van der Waals surface area contributed by atoms with Crippen LogP contribution in [0.5, 0.6) is 0 Å². The van der Waals surface area contributed by atoms with E-state index in [1.807, 2.05) is 13.0 Å².